The van der Waals surface area contributed by atoms with Crippen LogP contribution in [0.15, 0.2) is 29.3 Å². The number of nitro benzene ring substituents is 1. The van der Waals surface area contributed by atoms with Gasteiger partial charge in [0.25, 0.3) is 5.69 Å². The van der Waals surface area contributed by atoms with Crippen molar-refractivity contribution in [3.8, 4) is 0 Å². The summed E-state index contributed by atoms with van der Waals surface area (Å²) in [4.78, 5) is 17.5. The third-order valence-electron chi connectivity index (χ3n) is 4.27. The van der Waals surface area contributed by atoms with Crippen LogP contribution < -0.4 is 10.6 Å². The summed E-state index contributed by atoms with van der Waals surface area (Å²) in [7, 11) is 0. The SMILES string of the molecule is CCNC(=NCc1cccc([N+](=O)[O-])c1)NC(C)CCCN(CC)CC.I. The fourth-order valence-electron chi connectivity index (χ4n) is 2.73. The number of halogens is 1. The zero-order valence-electron chi connectivity index (χ0n) is 16.9. The minimum atomic E-state index is -0.380. The summed E-state index contributed by atoms with van der Waals surface area (Å²) in [6.07, 6.45) is 2.21. The van der Waals surface area contributed by atoms with Gasteiger partial charge in [0, 0.05) is 24.7 Å². The van der Waals surface area contributed by atoms with Crippen LogP contribution in [0.1, 0.15) is 46.1 Å². The van der Waals surface area contributed by atoms with Crippen LogP contribution in [0, 0.1) is 10.1 Å². The van der Waals surface area contributed by atoms with Gasteiger partial charge >= 0.3 is 0 Å². The van der Waals surface area contributed by atoms with Crippen LogP contribution >= 0.6 is 24.0 Å². The molecule has 0 bridgehead atoms. The van der Waals surface area contributed by atoms with E-state index in [0.29, 0.717) is 12.6 Å². The Bertz CT molecular complexity index is 579. The van der Waals surface area contributed by atoms with Crippen molar-refractivity contribution in [3.63, 3.8) is 0 Å². The maximum atomic E-state index is 10.9. The van der Waals surface area contributed by atoms with Crippen molar-refractivity contribution in [3.05, 3.63) is 39.9 Å². The molecule has 0 saturated heterocycles. The number of aliphatic imine (C=N–C) groups is 1. The molecule has 154 valence electrons. The molecule has 0 radical (unpaired) electrons. The molecule has 27 heavy (non-hydrogen) atoms. The van der Waals surface area contributed by atoms with Crippen LogP contribution in [0.4, 0.5) is 5.69 Å². The largest absolute Gasteiger partial charge is 0.357 e. The number of benzene rings is 1. The quantitative estimate of drug-likeness (QED) is 0.162. The van der Waals surface area contributed by atoms with E-state index in [1.165, 1.54) is 6.07 Å². The molecule has 0 aliphatic heterocycles. The van der Waals surface area contributed by atoms with Crippen molar-refractivity contribution in [2.75, 3.05) is 26.2 Å². The van der Waals surface area contributed by atoms with Gasteiger partial charge in [-0.2, -0.15) is 0 Å². The molecular weight excluding hydrogens is 457 g/mol. The summed E-state index contributed by atoms with van der Waals surface area (Å²) >= 11 is 0. The van der Waals surface area contributed by atoms with E-state index in [0.717, 1.165) is 50.5 Å². The van der Waals surface area contributed by atoms with Crippen LogP contribution in [0.2, 0.25) is 0 Å². The molecule has 0 saturated carbocycles. The van der Waals surface area contributed by atoms with Crippen molar-refractivity contribution in [2.45, 2.75) is 53.1 Å². The van der Waals surface area contributed by atoms with E-state index in [1.807, 2.05) is 13.0 Å². The monoisotopic (exact) mass is 491 g/mol. The minimum Gasteiger partial charge on any atom is -0.357 e. The minimum absolute atomic E-state index is 0. The highest BCUT2D eigenvalue weighted by Crippen LogP contribution is 2.13. The molecule has 2 N–H and O–H groups in total. The van der Waals surface area contributed by atoms with Crippen molar-refractivity contribution in [1.82, 2.24) is 15.5 Å². The average molecular weight is 491 g/mol. The maximum absolute atomic E-state index is 10.9. The molecule has 1 atom stereocenters. The molecule has 0 spiro atoms. The highest BCUT2D eigenvalue weighted by molar-refractivity contribution is 14.0. The zero-order valence-corrected chi connectivity index (χ0v) is 19.2. The van der Waals surface area contributed by atoms with Gasteiger partial charge in [-0.15, -0.1) is 24.0 Å². The Morgan fingerprint density at radius 1 is 1.30 bits per heavy atom. The number of nitrogens with one attached hydrogen (secondary N) is 2. The first-order valence-corrected chi connectivity index (χ1v) is 9.50. The first-order valence-electron chi connectivity index (χ1n) is 9.50. The number of hydrogen-bond acceptors (Lipinski definition) is 4. The van der Waals surface area contributed by atoms with E-state index >= 15 is 0 Å². The Labute approximate surface area is 180 Å². The summed E-state index contributed by atoms with van der Waals surface area (Å²) in [6.45, 7) is 13.0. The number of rotatable bonds is 11. The van der Waals surface area contributed by atoms with E-state index in [9.17, 15) is 10.1 Å². The molecule has 1 unspecified atom stereocenters. The molecule has 1 aromatic rings. The van der Waals surface area contributed by atoms with Crippen molar-refractivity contribution in [1.29, 1.82) is 0 Å². The maximum Gasteiger partial charge on any atom is 0.269 e. The van der Waals surface area contributed by atoms with Gasteiger partial charge < -0.3 is 15.5 Å². The number of guanidine groups is 1. The normalized spacial score (nSPS) is 12.4. The zero-order chi connectivity index (χ0) is 19.4. The first kappa shape index (κ1) is 25.6. The molecule has 7 nitrogen and oxygen atoms in total. The standard InChI is InChI=1S/C19H33N5O2.HI/c1-5-20-19(22-16(4)10-9-13-23(6-2)7-3)21-15-17-11-8-12-18(14-17)24(25)26;/h8,11-12,14,16H,5-7,9-10,13,15H2,1-4H3,(H2,20,21,22);1H. The number of nitrogens with zero attached hydrogens (tertiary/aromatic N) is 3. The Morgan fingerprint density at radius 3 is 2.59 bits per heavy atom. The molecule has 0 heterocycles. The van der Waals surface area contributed by atoms with Gasteiger partial charge in [0.05, 0.1) is 11.5 Å². The summed E-state index contributed by atoms with van der Waals surface area (Å²) in [5, 5.41) is 17.5. The summed E-state index contributed by atoms with van der Waals surface area (Å²) < 4.78 is 0. The number of nitro groups is 1. The molecule has 8 heteroatoms. The predicted octanol–water partition coefficient (Wildman–Crippen LogP) is 3.78. The number of hydrogen-bond donors (Lipinski definition) is 2. The van der Waals surface area contributed by atoms with Crippen LogP contribution in [0.25, 0.3) is 0 Å². The Balaban J connectivity index is 0.00000676. The van der Waals surface area contributed by atoms with E-state index < -0.39 is 0 Å². The molecule has 1 aromatic carbocycles. The smallest absolute Gasteiger partial charge is 0.269 e. The van der Waals surface area contributed by atoms with E-state index in [-0.39, 0.29) is 34.6 Å². The lowest BCUT2D eigenvalue weighted by Gasteiger charge is -2.21. The molecule has 0 aromatic heterocycles. The highest BCUT2D eigenvalue weighted by Gasteiger charge is 2.08. The van der Waals surface area contributed by atoms with Gasteiger partial charge in [-0.05, 0) is 51.9 Å². The van der Waals surface area contributed by atoms with Gasteiger partial charge in [0.1, 0.15) is 0 Å². The summed E-state index contributed by atoms with van der Waals surface area (Å²) in [6, 6.07) is 6.93. The lowest BCUT2D eigenvalue weighted by atomic mass is 10.2. The van der Waals surface area contributed by atoms with Crippen LogP contribution in [0.5, 0.6) is 0 Å². The second-order valence-electron chi connectivity index (χ2n) is 6.34. The first-order chi connectivity index (χ1) is 12.5. The van der Waals surface area contributed by atoms with Gasteiger partial charge in [-0.25, -0.2) is 4.99 Å². The van der Waals surface area contributed by atoms with Gasteiger partial charge in [-0.3, -0.25) is 10.1 Å². The van der Waals surface area contributed by atoms with E-state index in [2.05, 4.69) is 41.3 Å². The molecule has 0 fully saturated rings. The lowest BCUT2D eigenvalue weighted by Crippen LogP contribution is -2.42. The third kappa shape index (κ3) is 10.5. The van der Waals surface area contributed by atoms with Crippen molar-refractivity contribution >= 4 is 35.6 Å². The molecule has 1 rings (SSSR count). The highest BCUT2D eigenvalue weighted by atomic mass is 127. The van der Waals surface area contributed by atoms with E-state index in [4.69, 9.17) is 0 Å². The summed E-state index contributed by atoms with van der Waals surface area (Å²) in [5.74, 6) is 0.745. The van der Waals surface area contributed by atoms with Gasteiger partial charge in [-0.1, -0.05) is 26.0 Å². The number of non-ortho nitro benzene ring substituents is 1. The van der Waals surface area contributed by atoms with Crippen LogP contribution in [-0.4, -0.2) is 48.0 Å². The topological polar surface area (TPSA) is 82.8 Å². The fraction of sp³-hybridized carbons (Fsp3) is 0.632. The van der Waals surface area contributed by atoms with Crippen LogP contribution in [-0.2, 0) is 6.54 Å². The Kier molecular flexibility index (Phi) is 13.8. The lowest BCUT2D eigenvalue weighted by molar-refractivity contribution is -0.384. The fourth-order valence-corrected chi connectivity index (χ4v) is 2.73. The van der Waals surface area contributed by atoms with Crippen molar-refractivity contribution < 1.29 is 4.92 Å². The van der Waals surface area contributed by atoms with Crippen molar-refractivity contribution in [2.24, 2.45) is 4.99 Å². The Morgan fingerprint density at radius 2 is 2.00 bits per heavy atom. The molecule has 0 amide bonds. The molecule has 0 aliphatic carbocycles. The Hall–Kier alpha value is -1.42. The second kappa shape index (κ2) is 14.6. The van der Waals surface area contributed by atoms with Gasteiger partial charge in [0.15, 0.2) is 5.96 Å². The van der Waals surface area contributed by atoms with E-state index in [1.54, 1.807) is 12.1 Å². The predicted molar refractivity (Wildman–Crippen MR) is 123 cm³/mol. The van der Waals surface area contributed by atoms with Crippen LogP contribution in [0.3, 0.4) is 0 Å². The van der Waals surface area contributed by atoms with Gasteiger partial charge in [0.2, 0.25) is 0 Å². The summed E-state index contributed by atoms with van der Waals surface area (Å²) in [5.41, 5.74) is 0.922. The average Bonchev–Trinajstić information content (AvgIpc) is 2.63. The third-order valence-corrected chi connectivity index (χ3v) is 4.27. The molecular formula is C19H34IN5O2. The second-order valence-corrected chi connectivity index (χ2v) is 6.34. The molecule has 0 aliphatic rings.